The van der Waals surface area contributed by atoms with Gasteiger partial charge in [0.05, 0.1) is 5.69 Å². The third-order valence-corrected chi connectivity index (χ3v) is 3.88. The van der Waals surface area contributed by atoms with Crippen molar-refractivity contribution in [2.45, 2.75) is 26.9 Å². The van der Waals surface area contributed by atoms with E-state index < -0.39 is 0 Å². The molecule has 0 aliphatic rings. The normalized spacial score (nSPS) is 12.7. The van der Waals surface area contributed by atoms with Gasteiger partial charge in [-0.3, -0.25) is 10.7 Å². The molecule has 0 saturated heterocycles. The maximum Gasteiger partial charge on any atom is 0.272 e. The molecule has 0 aliphatic heterocycles. The van der Waals surface area contributed by atoms with E-state index >= 15 is 0 Å². The van der Waals surface area contributed by atoms with Gasteiger partial charge >= 0.3 is 0 Å². The molecule has 9 heteroatoms. The average Bonchev–Trinajstić information content (AvgIpc) is 2.98. The van der Waals surface area contributed by atoms with Crippen LogP contribution >= 0.6 is 11.6 Å². The second kappa shape index (κ2) is 7.04. The molecule has 2 heterocycles. The first-order chi connectivity index (χ1) is 12.0. The Morgan fingerprint density at radius 3 is 2.88 bits per heavy atom. The van der Waals surface area contributed by atoms with Crippen molar-refractivity contribution in [2.75, 3.05) is 0 Å². The summed E-state index contributed by atoms with van der Waals surface area (Å²) in [5.74, 6) is 1.31. The molecule has 8 nitrogen and oxygen atoms in total. The van der Waals surface area contributed by atoms with Gasteiger partial charge < -0.3 is 4.74 Å². The Bertz CT molecular complexity index is 940. The van der Waals surface area contributed by atoms with Gasteiger partial charge in [0.25, 0.3) is 11.7 Å². The van der Waals surface area contributed by atoms with Gasteiger partial charge in [-0.05, 0) is 50.1 Å². The summed E-state index contributed by atoms with van der Waals surface area (Å²) in [4.78, 5) is 12.3. The van der Waals surface area contributed by atoms with Gasteiger partial charge in [0, 0.05) is 11.2 Å². The fraction of sp³-hybridized carbons (Fsp3) is 0.250. The first kappa shape index (κ1) is 17.1. The summed E-state index contributed by atoms with van der Waals surface area (Å²) in [5, 5.41) is 13.6. The van der Waals surface area contributed by atoms with Crippen LogP contribution in [0.25, 0.3) is 5.78 Å². The minimum atomic E-state index is -0.306. The number of rotatable bonds is 5. The van der Waals surface area contributed by atoms with Crippen LogP contribution in [0.5, 0.6) is 5.75 Å². The number of benzene rings is 1. The molecule has 0 saturated carbocycles. The lowest BCUT2D eigenvalue weighted by Crippen LogP contribution is -2.13. The number of hydroxylamine groups is 1. The molecule has 0 fully saturated rings. The van der Waals surface area contributed by atoms with E-state index in [-0.39, 0.29) is 12.1 Å². The van der Waals surface area contributed by atoms with Crippen LogP contribution in [-0.2, 0) is 0 Å². The summed E-state index contributed by atoms with van der Waals surface area (Å²) in [6, 6.07) is 5.48. The largest absolute Gasteiger partial charge is 0.484 e. The number of nitrogens with zero attached hydrogens (tertiary/aromatic N) is 5. The van der Waals surface area contributed by atoms with Crippen LogP contribution in [-0.4, -0.2) is 31.1 Å². The van der Waals surface area contributed by atoms with Gasteiger partial charge in [0.2, 0.25) is 0 Å². The number of hydrogen-bond acceptors (Lipinski definition) is 6. The van der Waals surface area contributed by atoms with E-state index in [0.29, 0.717) is 10.8 Å². The Morgan fingerprint density at radius 1 is 1.36 bits per heavy atom. The standard InChI is InChI=1S/C16H17ClN6O2/c1-9-6-12(17)4-5-13(9)25-11(3)14-10(2)7-18-16-21-15(19-8-20-24)22-23(14)16/h4-8,11,24H,1-3H3,(H,19,20,22). The van der Waals surface area contributed by atoms with Gasteiger partial charge in [-0.25, -0.2) is 4.98 Å². The molecular weight excluding hydrogens is 344 g/mol. The van der Waals surface area contributed by atoms with E-state index in [9.17, 15) is 0 Å². The molecule has 130 valence electrons. The van der Waals surface area contributed by atoms with Crippen LogP contribution in [0.2, 0.25) is 5.02 Å². The molecule has 2 aromatic heterocycles. The molecule has 25 heavy (non-hydrogen) atoms. The fourth-order valence-corrected chi connectivity index (χ4v) is 2.78. The molecule has 3 aromatic rings. The first-order valence-corrected chi connectivity index (χ1v) is 7.94. The van der Waals surface area contributed by atoms with Gasteiger partial charge in [-0.15, -0.1) is 5.10 Å². The van der Waals surface area contributed by atoms with Crippen molar-refractivity contribution in [2.24, 2.45) is 4.99 Å². The second-order valence-electron chi connectivity index (χ2n) is 5.51. The van der Waals surface area contributed by atoms with Crippen LogP contribution in [0.3, 0.4) is 0 Å². The van der Waals surface area contributed by atoms with E-state index in [1.165, 1.54) is 0 Å². The summed E-state index contributed by atoms with van der Waals surface area (Å²) in [6.45, 7) is 5.79. The predicted octanol–water partition coefficient (Wildman–Crippen LogP) is 3.17. The van der Waals surface area contributed by atoms with Crippen LogP contribution in [0.1, 0.15) is 29.8 Å². The minimum absolute atomic E-state index is 0.177. The van der Waals surface area contributed by atoms with Gasteiger partial charge in [0.15, 0.2) is 0 Å². The molecular formula is C16H17ClN6O2. The van der Waals surface area contributed by atoms with E-state index in [4.69, 9.17) is 21.5 Å². The minimum Gasteiger partial charge on any atom is -0.484 e. The summed E-state index contributed by atoms with van der Waals surface area (Å²) in [6.07, 6.45) is 2.49. The summed E-state index contributed by atoms with van der Waals surface area (Å²) in [7, 11) is 0. The first-order valence-electron chi connectivity index (χ1n) is 7.57. The third-order valence-electron chi connectivity index (χ3n) is 3.65. The van der Waals surface area contributed by atoms with Gasteiger partial charge in [0.1, 0.15) is 18.2 Å². The topological polar surface area (TPSA) is 96.9 Å². The van der Waals surface area contributed by atoms with Gasteiger partial charge in [-0.1, -0.05) is 11.6 Å². The lowest BCUT2D eigenvalue weighted by atomic mass is 10.1. The highest BCUT2D eigenvalue weighted by Crippen LogP contribution is 2.28. The van der Waals surface area contributed by atoms with Crippen molar-refractivity contribution in [3.8, 4) is 5.75 Å². The zero-order chi connectivity index (χ0) is 18.0. The summed E-state index contributed by atoms with van der Waals surface area (Å²) in [5.41, 5.74) is 4.48. The zero-order valence-corrected chi connectivity index (χ0v) is 14.7. The van der Waals surface area contributed by atoms with Crippen LogP contribution in [0, 0.1) is 13.8 Å². The number of hydrogen-bond donors (Lipinski definition) is 2. The highest BCUT2D eigenvalue weighted by molar-refractivity contribution is 6.30. The summed E-state index contributed by atoms with van der Waals surface area (Å²) < 4.78 is 7.69. The summed E-state index contributed by atoms with van der Waals surface area (Å²) >= 11 is 6.00. The smallest absolute Gasteiger partial charge is 0.272 e. The number of aromatic nitrogens is 4. The number of nitrogens with one attached hydrogen (secondary N) is 1. The molecule has 0 amide bonds. The number of ether oxygens (including phenoxy) is 1. The van der Waals surface area contributed by atoms with Crippen molar-refractivity contribution in [3.63, 3.8) is 0 Å². The molecule has 0 radical (unpaired) electrons. The molecule has 2 N–H and O–H groups in total. The molecule has 0 aliphatic carbocycles. The maximum absolute atomic E-state index is 8.59. The van der Waals surface area contributed by atoms with Crippen molar-refractivity contribution in [1.82, 2.24) is 25.1 Å². The highest BCUT2D eigenvalue weighted by atomic mass is 35.5. The molecule has 1 aromatic carbocycles. The molecule has 0 bridgehead atoms. The Labute approximate surface area is 149 Å². The van der Waals surface area contributed by atoms with Crippen LogP contribution in [0.15, 0.2) is 29.4 Å². The molecule has 1 atom stereocenters. The quantitative estimate of drug-likeness (QED) is 0.412. The lowest BCUT2D eigenvalue weighted by Gasteiger charge is -2.18. The van der Waals surface area contributed by atoms with E-state index in [1.807, 2.05) is 38.4 Å². The number of halogens is 1. The van der Waals surface area contributed by atoms with Crippen molar-refractivity contribution < 1.29 is 9.94 Å². The van der Waals surface area contributed by atoms with E-state index in [0.717, 1.165) is 28.9 Å². The van der Waals surface area contributed by atoms with Crippen LogP contribution < -0.4 is 10.2 Å². The number of aliphatic imine (C=N–C) groups is 1. The zero-order valence-electron chi connectivity index (χ0n) is 13.9. The van der Waals surface area contributed by atoms with E-state index in [1.54, 1.807) is 16.8 Å². The van der Waals surface area contributed by atoms with Crippen molar-refractivity contribution in [3.05, 3.63) is 46.2 Å². The van der Waals surface area contributed by atoms with Gasteiger partial charge in [-0.2, -0.15) is 14.5 Å². The molecule has 0 spiro atoms. The Kier molecular flexibility index (Phi) is 4.82. The number of aryl methyl sites for hydroxylation is 2. The molecule has 1 unspecified atom stereocenters. The average molecular weight is 361 g/mol. The highest BCUT2D eigenvalue weighted by Gasteiger charge is 2.18. The number of fused-ring (bicyclic) bond motifs is 1. The molecule has 3 rings (SSSR count). The van der Waals surface area contributed by atoms with Crippen LogP contribution in [0.4, 0.5) is 5.95 Å². The van der Waals surface area contributed by atoms with Crippen molar-refractivity contribution >= 4 is 29.7 Å². The van der Waals surface area contributed by atoms with Crippen molar-refractivity contribution in [1.29, 1.82) is 0 Å². The maximum atomic E-state index is 8.59. The third kappa shape index (κ3) is 3.54. The second-order valence-corrected chi connectivity index (χ2v) is 5.94. The fourth-order valence-electron chi connectivity index (χ4n) is 2.55. The Balaban J connectivity index is 1.99. The predicted molar refractivity (Wildman–Crippen MR) is 93.8 cm³/mol. The SMILES string of the molecule is Cc1cc(Cl)ccc1OC(C)c1c(C)cnc2nc(N=CNO)nn12. The Morgan fingerprint density at radius 2 is 2.16 bits per heavy atom. The van der Waals surface area contributed by atoms with E-state index in [2.05, 4.69) is 20.1 Å². The monoisotopic (exact) mass is 360 g/mol. The lowest BCUT2D eigenvalue weighted by molar-refractivity contribution is 0.216. The Hall–Kier alpha value is -2.71.